The molecular weight excluding hydrogens is 312 g/mol. The first-order valence-electron chi connectivity index (χ1n) is 8.93. The standard InChI is InChI=1S/C20H28N4O/c1-2-3-4-8-12-23-20(21)24-15-18-11-13-22-19(14-18)25-16-17-9-6-5-7-10-17/h5-7,9-11,13-14H,2-4,8,12,15-16H2,1H3,(H3,21,23,24). The summed E-state index contributed by atoms with van der Waals surface area (Å²) in [5.41, 5.74) is 8.04. The Morgan fingerprint density at radius 2 is 1.96 bits per heavy atom. The number of benzene rings is 1. The molecule has 0 aliphatic heterocycles. The molecule has 5 nitrogen and oxygen atoms in total. The average Bonchev–Trinajstić information content (AvgIpc) is 2.66. The molecule has 5 heteroatoms. The van der Waals surface area contributed by atoms with Gasteiger partial charge in [0, 0.05) is 18.8 Å². The molecule has 0 aliphatic carbocycles. The van der Waals surface area contributed by atoms with Crippen molar-refractivity contribution in [2.45, 2.75) is 45.8 Å². The summed E-state index contributed by atoms with van der Waals surface area (Å²) in [5, 5.41) is 3.15. The Kier molecular flexibility index (Phi) is 8.32. The highest BCUT2D eigenvalue weighted by molar-refractivity contribution is 5.77. The lowest BCUT2D eigenvalue weighted by molar-refractivity contribution is 0.293. The number of ether oxygens (including phenoxy) is 1. The van der Waals surface area contributed by atoms with E-state index in [2.05, 4.69) is 22.2 Å². The second-order valence-corrected chi connectivity index (χ2v) is 5.97. The Hall–Kier alpha value is -2.56. The van der Waals surface area contributed by atoms with E-state index in [9.17, 15) is 0 Å². The van der Waals surface area contributed by atoms with Crippen molar-refractivity contribution in [3.05, 3.63) is 59.8 Å². The van der Waals surface area contributed by atoms with E-state index in [1.807, 2.05) is 42.5 Å². The van der Waals surface area contributed by atoms with Crippen molar-refractivity contribution >= 4 is 5.96 Å². The second-order valence-electron chi connectivity index (χ2n) is 5.97. The Bertz CT molecular complexity index is 643. The topological polar surface area (TPSA) is 72.5 Å². The highest BCUT2D eigenvalue weighted by atomic mass is 16.5. The summed E-state index contributed by atoms with van der Waals surface area (Å²) in [7, 11) is 0. The van der Waals surface area contributed by atoms with Gasteiger partial charge in [-0.3, -0.25) is 0 Å². The molecule has 134 valence electrons. The highest BCUT2D eigenvalue weighted by Gasteiger charge is 2.00. The first-order chi connectivity index (χ1) is 12.3. The van der Waals surface area contributed by atoms with Gasteiger partial charge in [0.1, 0.15) is 6.61 Å². The average molecular weight is 340 g/mol. The number of nitrogens with zero attached hydrogens (tertiary/aromatic N) is 2. The Labute approximate surface area is 150 Å². The van der Waals surface area contributed by atoms with Crippen LogP contribution in [0, 0.1) is 0 Å². The van der Waals surface area contributed by atoms with E-state index in [0.717, 1.165) is 24.1 Å². The molecule has 0 saturated carbocycles. The van der Waals surface area contributed by atoms with E-state index >= 15 is 0 Å². The molecule has 0 atom stereocenters. The van der Waals surface area contributed by atoms with E-state index in [1.54, 1.807) is 6.20 Å². The molecule has 0 fully saturated rings. The van der Waals surface area contributed by atoms with Gasteiger partial charge in [-0.2, -0.15) is 0 Å². The van der Waals surface area contributed by atoms with Crippen molar-refractivity contribution in [1.82, 2.24) is 10.3 Å². The summed E-state index contributed by atoms with van der Waals surface area (Å²) in [5.74, 6) is 1.09. The van der Waals surface area contributed by atoms with Gasteiger partial charge >= 0.3 is 0 Å². The monoisotopic (exact) mass is 340 g/mol. The fourth-order valence-corrected chi connectivity index (χ4v) is 2.36. The Balaban J connectivity index is 1.77. The van der Waals surface area contributed by atoms with Crippen molar-refractivity contribution in [3.8, 4) is 5.88 Å². The van der Waals surface area contributed by atoms with Crippen molar-refractivity contribution in [3.63, 3.8) is 0 Å². The summed E-state index contributed by atoms with van der Waals surface area (Å²) < 4.78 is 5.74. The van der Waals surface area contributed by atoms with Crippen LogP contribution in [-0.2, 0) is 13.2 Å². The van der Waals surface area contributed by atoms with Crippen molar-refractivity contribution < 1.29 is 4.74 Å². The number of pyridine rings is 1. The molecular formula is C20H28N4O. The molecule has 25 heavy (non-hydrogen) atoms. The van der Waals surface area contributed by atoms with Crippen LogP contribution in [0.4, 0.5) is 0 Å². The zero-order valence-electron chi connectivity index (χ0n) is 14.9. The molecule has 1 aromatic heterocycles. The van der Waals surface area contributed by atoms with Crippen LogP contribution in [-0.4, -0.2) is 17.5 Å². The van der Waals surface area contributed by atoms with Crippen LogP contribution in [0.2, 0.25) is 0 Å². The number of rotatable bonds is 10. The van der Waals surface area contributed by atoms with Crippen LogP contribution in [0.25, 0.3) is 0 Å². The molecule has 0 spiro atoms. The fraction of sp³-hybridized carbons (Fsp3) is 0.400. The molecule has 2 aromatic rings. The van der Waals surface area contributed by atoms with Crippen LogP contribution < -0.4 is 15.8 Å². The summed E-state index contributed by atoms with van der Waals surface area (Å²) in [6, 6.07) is 13.9. The first-order valence-corrected chi connectivity index (χ1v) is 8.93. The lowest BCUT2D eigenvalue weighted by Gasteiger charge is -2.07. The Morgan fingerprint density at radius 3 is 2.76 bits per heavy atom. The molecule has 2 rings (SSSR count). The van der Waals surface area contributed by atoms with Gasteiger partial charge in [-0.25, -0.2) is 9.98 Å². The van der Waals surface area contributed by atoms with Crippen LogP contribution in [0.5, 0.6) is 5.88 Å². The fourth-order valence-electron chi connectivity index (χ4n) is 2.36. The highest BCUT2D eigenvalue weighted by Crippen LogP contribution is 2.12. The first kappa shape index (κ1) is 18.8. The van der Waals surface area contributed by atoms with Crippen molar-refractivity contribution in [2.75, 3.05) is 6.54 Å². The largest absolute Gasteiger partial charge is 0.473 e. The van der Waals surface area contributed by atoms with Crippen LogP contribution in [0.1, 0.15) is 43.7 Å². The van der Waals surface area contributed by atoms with E-state index in [0.29, 0.717) is 25.0 Å². The molecule has 1 heterocycles. The lowest BCUT2D eigenvalue weighted by atomic mass is 10.2. The Morgan fingerprint density at radius 1 is 1.12 bits per heavy atom. The quantitative estimate of drug-likeness (QED) is 0.393. The van der Waals surface area contributed by atoms with Crippen molar-refractivity contribution in [1.29, 1.82) is 0 Å². The summed E-state index contributed by atoms with van der Waals surface area (Å²) in [4.78, 5) is 8.61. The number of aromatic nitrogens is 1. The van der Waals surface area contributed by atoms with Gasteiger partial charge in [-0.1, -0.05) is 56.5 Å². The molecule has 1 aromatic carbocycles. The maximum atomic E-state index is 5.90. The minimum absolute atomic E-state index is 0.486. The molecule has 0 aliphatic rings. The molecule has 0 radical (unpaired) electrons. The van der Waals surface area contributed by atoms with Gasteiger partial charge in [-0.15, -0.1) is 0 Å². The number of unbranched alkanes of at least 4 members (excludes halogenated alkanes) is 3. The number of hydrogen-bond acceptors (Lipinski definition) is 3. The summed E-state index contributed by atoms with van der Waals surface area (Å²) >= 11 is 0. The van der Waals surface area contributed by atoms with Gasteiger partial charge < -0.3 is 15.8 Å². The third kappa shape index (κ3) is 7.70. The molecule has 0 amide bonds. The summed E-state index contributed by atoms with van der Waals surface area (Å²) in [6.45, 7) is 4.09. The van der Waals surface area contributed by atoms with E-state index in [-0.39, 0.29) is 0 Å². The zero-order valence-corrected chi connectivity index (χ0v) is 14.9. The molecule has 0 saturated heterocycles. The number of aliphatic imine (C=N–C) groups is 1. The number of hydrogen-bond donors (Lipinski definition) is 2. The third-order valence-corrected chi connectivity index (χ3v) is 3.80. The second kappa shape index (κ2) is 11.1. The lowest BCUT2D eigenvalue weighted by Crippen LogP contribution is -2.32. The summed E-state index contributed by atoms with van der Waals surface area (Å²) in [6.07, 6.45) is 6.58. The predicted molar refractivity (Wildman–Crippen MR) is 102 cm³/mol. The maximum absolute atomic E-state index is 5.90. The van der Waals surface area contributed by atoms with Crippen LogP contribution in [0.15, 0.2) is 53.7 Å². The molecule has 0 unspecified atom stereocenters. The number of nitrogens with two attached hydrogens (primary N) is 1. The normalized spacial score (nSPS) is 11.3. The third-order valence-electron chi connectivity index (χ3n) is 3.80. The number of nitrogens with one attached hydrogen (secondary N) is 1. The SMILES string of the molecule is CCCCCCNC(N)=NCc1ccnc(OCc2ccccc2)c1. The molecule has 3 N–H and O–H groups in total. The van der Waals surface area contributed by atoms with Gasteiger partial charge in [-0.05, 0) is 23.6 Å². The van der Waals surface area contributed by atoms with Gasteiger partial charge in [0.2, 0.25) is 5.88 Å². The van der Waals surface area contributed by atoms with E-state index in [4.69, 9.17) is 10.5 Å². The van der Waals surface area contributed by atoms with Gasteiger partial charge in [0.25, 0.3) is 0 Å². The van der Waals surface area contributed by atoms with E-state index in [1.165, 1.54) is 19.3 Å². The minimum Gasteiger partial charge on any atom is -0.473 e. The van der Waals surface area contributed by atoms with Gasteiger partial charge in [0.05, 0.1) is 6.54 Å². The van der Waals surface area contributed by atoms with Gasteiger partial charge in [0.15, 0.2) is 5.96 Å². The van der Waals surface area contributed by atoms with Crippen LogP contribution >= 0.6 is 0 Å². The van der Waals surface area contributed by atoms with Crippen LogP contribution in [0.3, 0.4) is 0 Å². The smallest absolute Gasteiger partial charge is 0.213 e. The number of guanidine groups is 1. The predicted octanol–water partition coefficient (Wildman–Crippen LogP) is 3.65. The molecule has 0 bridgehead atoms. The maximum Gasteiger partial charge on any atom is 0.213 e. The zero-order chi connectivity index (χ0) is 17.7. The van der Waals surface area contributed by atoms with Crippen molar-refractivity contribution in [2.24, 2.45) is 10.7 Å². The van der Waals surface area contributed by atoms with E-state index < -0.39 is 0 Å². The minimum atomic E-state index is 0.486.